The van der Waals surface area contributed by atoms with Crippen LogP contribution in [0.4, 0.5) is 17.1 Å². The van der Waals surface area contributed by atoms with Gasteiger partial charge >= 0.3 is 0 Å². The van der Waals surface area contributed by atoms with E-state index in [2.05, 4.69) is 4.90 Å². The molecule has 5 heteroatoms. The van der Waals surface area contributed by atoms with Crippen LogP contribution >= 0.6 is 0 Å². The van der Waals surface area contributed by atoms with E-state index in [-0.39, 0.29) is 11.4 Å². The van der Waals surface area contributed by atoms with Gasteiger partial charge in [0.25, 0.3) is 5.69 Å². The first-order valence-electron chi connectivity index (χ1n) is 5.87. The minimum Gasteiger partial charge on any atom is -0.393 e. The second kappa shape index (κ2) is 5.39. The minimum atomic E-state index is -0.472. The van der Waals surface area contributed by atoms with E-state index in [1.807, 2.05) is 37.4 Å². The fourth-order valence-corrected chi connectivity index (χ4v) is 1.92. The zero-order valence-electron chi connectivity index (χ0n) is 10.6. The van der Waals surface area contributed by atoms with Crippen molar-refractivity contribution in [3.8, 4) is 0 Å². The van der Waals surface area contributed by atoms with Crippen LogP contribution in [0.3, 0.4) is 0 Å². The van der Waals surface area contributed by atoms with Gasteiger partial charge in [-0.1, -0.05) is 24.3 Å². The van der Waals surface area contributed by atoms with Crippen molar-refractivity contribution >= 4 is 17.1 Å². The van der Waals surface area contributed by atoms with Crippen molar-refractivity contribution in [3.63, 3.8) is 0 Å². The van der Waals surface area contributed by atoms with Crippen LogP contribution in [-0.4, -0.2) is 12.0 Å². The highest BCUT2D eigenvalue weighted by Gasteiger charge is 2.11. The van der Waals surface area contributed by atoms with E-state index in [4.69, 9.17) is 5.73 Å². The molecule has 19 heavy (non-hydrogen) atoms. The Morgan fingerprint density at radius 2 is 1.89 bits per heavy atom. The average molecular weight is 257 g/mol. The minimum absolute atomic E-state index is 0.0499. The number of hydrogen-bond donors (Lipinski definition) is 1. The number of nitrogens with two attached hydrogens (primary N) is 1. The molecule has 0 bridgehead atoms. The predicted octanol–water partition coefficient (Wildman–Crippen LogP) is 2.81. The summed E-state index contributed by atoms with van der Waals surface area (Å²) in [6, 6.07) is 14.7. The van der Waals surface area contributed by atoms with Crippen molar-refractivity contribution in [2.24, 2.45) is 0 Å². The molecule has 2 aromatic carbocycles. The molecule has 0 aliphatic heterocycles. The van der Waals surface area contributed by atoms with Crippen LogP contribution in [-0.2, 0) is 6.54 Å². The normalized spacial score (nSPS) is 10.2. The lowest BCUT2D eigenvalue weighted by molar-refractivity contribution is -0.383. The Labute approximate surface area is 111 Å². The molecule has 2 rings (SSSR count). The summed E-state index contributed by atoms with van der Waals surface area (Å²) in [5.74, 6) is 0. The van der Waals surface area contributed by atoms with Crippen molar-refractivity contribution in [1.82, 2.24) is 0 Å². The van der Waals surface area contributed by atoms with Gasteiger partial charge in [-0.15, -0.1) is 0 Å². The van der Waals surface area contributed by atoms with Gasteiger partial charge in [-0.25, -0.2) is 0 Å². The number of para-hydroxylation sites is 1. The van der Waals surface area contributed by atoms with Crippen LogP contribution in [0.25, 0.3) is 0 Å². The molecule has 0 heterocycles. The molecule has 2 aromatic rings. The van der Waals surface area contributed by atoms with Crippen molar-refractivity contribution in [3.05, 3.63) is 64.2 Å². The van der Waals surface area contributed by atoms with E-state index in [1.165, 1.54) is 6.07 Å². The molecule has 0 aliphatic carbocycles. The summed E-state index contributed by atoms with van der Waals surface area (Å²) in [5, 5.41) is 10.7. The molecule has 2 N–H and O–H groups in total. The fourth-order valence-electron chi connectivity index (χ4n) is 1.92. The maximum Gasteiger partial charge on any atom is 0.292 e. The molecule has 0 fully saturated rings. The molecule has 0 radical (unpaired) electrons. The maximum atomic E-state index is 10.7. The van der Waals surface area contributed by atoms with Crippen molar-refractivity contribution in [2.45, 2.75) is 6.54 Å². The number of nitro benzene ring substituents is 1. The Hall–Kier alpha value is -2.56. The van der Waals surface area contributed by atoms with Crippen LogP contribution in [0.2, 0.25) is 0 Å². The summed E-state index contributed by atoms with van der Waals surface area (Å²) in [7, 11) is 1.97. The van der Waals surface area contributed by atoms with Crippen LogP contribution in [0.15, 0.2) is 48.5 Å². The molecule has 0 unspecified atom stereocenters. The lowest BCUT2D eigenvalue weighted by Crippen LogP contribution is -2.16. The van der Waals surface area contributed by atoms with E-state index in [1.54, 1.807) is 12.1 Å². The first kappa shape index (κ1) is 12.9. The molecule has 5 nitrogen and oxygen atoms in total. The predicted molar refractivity (Wildman–Crippen MR) is 76.1 cm³/mol. The Balaban J connectivity index is 2.16. The molecular formula is C14H15N3O2. The quantitative estimate of drug-likeness (QED) is 0.519. The summed E-state index contributed by atoms with van der Waals surface area (Å²) in [6.07, 6.45) is 0. The topological polar surface area (TPSA) is 72.4 Å². The van der Waals surface area contributed by atoms with E-state index in [0.29, 0.717) is 6.54 Å². The van der Waals surface area contributed by atoms with Gasteiger partial charge in [0.2, 0.25) is 0 Å². The van der Waals surface area contributed by atoms with Crippen LogP contribution in [0, 0.1) is 10.1 Å². The van der Waals surface area contributed by atoms with E-state index in [9.17, 15) is 10.1 Å². The average Bonchev–Trinajstić information content (AvgIpc) is 2.39. The first-order chi connectivity index (χ1) is 9.08. The highest BCUT2D eigenvalue weighted by molar-refractivity contribution is 5.59. The van der Waals surface area contributed by atoms with Gasteiger partial charge in [0.15, 0.2) is 0 Å². The Morgan fingerprint density at radius 3 is 2.47 bits per heavy atom. The van der Waals surface area contributed by atoms with E-state index in [0.717, 1.165) is 11.3 Å². The highest BCUT2D eigenvalue weighted by Crippen LogP contribution is 2.23. The lowest BCUT2D eigenvalue weighted by atomic mass is 10.1. The summed E-state index contributed by atoms with van der Waals surface area (Å²) in [6.45, 7) is 0.645. The second-order valence-electron chi connectivity index (χ2n) is 4.34. The number of rotatable bonds is 4. The van der Waals surface area contributed by atoms with Crippen LogP contribution in [0.5, 0.6) is 0 Å². The maximum absolute atomic E-state index is 10.7. The number of nitro groups is 1. The summed E-state index contributed by atoms with van der Waals surface area (Å²) >= 11 is 0. The summed E-state index contributed by atoms with van der Waals surface area (Å²) in [5.41, 5.74) is 7.85. The Morgan fingerprint density at radius 1 is 1.21 bits per heavy atom. The number of anilines is 2. The van der Waals surface area contributed by atoms with Gasteiger partial charge in [-0.05, 0) is 23.8 Å². The summed E-state index contributed by atoms with van der Waals surface area (Å²) < 4.78 is 0. The van der Waals surface area contributed by atoms with E-state index < -0.39 is 4.92 Å². The molecule has 0 aliphatic rings. The lowest BCUT2D eigenvalue weighted by Gasteiger charge is -2.19. The largest absolute Gasteiger partial charge is 0.393 e. The van der Waals surface area contributed by atoms with Crippen molar-refractivity contribution in [1.29, 1.82) is 0 Å². The van der Waals surface area contributed by atoms with Crippen molar-refractivity contribution in [2.75, 3.05) is 17.7 Å². The molecule has 0 aromatic heterocycles. The second-order valence-corrected chi connectivity index (χ2v) is 4.34. The first-order valence-corrected chi connectivity index (χ1v) is 5.87. The van der Waals surface area contributed by atoms with Crippen molar-refractivity contribution < 1.29 is 4.92 Å². The van der Waals surface area contributed by atoms with Gasteiger partial charge in [0.05, 0.1) is 4.92 Å². The van der Waals surface area contributed by atoms with Crippen LogP contribution < -0.4 is 10.6 Å². The zero-order chi connectivity index (χ0) is 13.8. The molecule has 0 spiro atoms. The Kier molecular flexibility index (Phi) is 3.66. The molecule has 0 saturated heterocycles. The third-order valence-electron chi connectivity index (χ3n) is 2.91. The van der Waals surface area contributed by atoms with Gasteiger partial charge < -0.3 is 10.6 Å². The smallest absolute Gasteiger partial charge is 0.292 e. The molecule has 0 atom stereocenters. The number of nitrogens with zero attached hydrogens (tertiary/aromatic N) is 2. The van der Waals surface area contributed by atoms with Crippen LogP contribution in [0.1, 0.15) is 5.56 Å². The number of benzene rings is 2. The third kappa shape index (κ3) is 3.01. The molecule has 0 saturated carbocycles. The highest BCUT2D eigenvalue weighted by atomic mass is 16.6. The molecule has 98 valence electrons. The third-order valence-corrected chi connectivity index (χ3v) is 2.91. The standard InChI is InChI=1S/C14H15N3O2/c1-16(12-5-3-2-4-6-12)10-11-7-8-14(17(18)19)13(15)9-11/h2-9H,10,15H2,1H3. The molecular weight excluding hydrogens is 242 g/mol. The van der Waals surface area contributed by atoms with Gasteiger partial charge in [0, 0.05) is 25.3 Å². The SMILES string of the molecule is CN(Cc1ccc([N+](=O)[O-])c(N)c1)c1ccccc1. The fraction of sp³-hybridized carbons (Fsp3) is 0.143. The zero-order valence-corrected chi connectivity index (χ0v) is 10.6. The van der Waals surface area contributed by atoms with Gasteiger partial charge in [-0.3, -0.25) is 10.1 Å². The van der Waals surface area contributed by atoms with Gasteiger partial charge in [-0.2, -0.15) is 0 Å². The monoisotopic (exact) mass is 257 g/mol. The number of nitrogen functional groups attached to an aromatic ring is 1. The molecule has 0 amide bonds. The summed E-state index contributed by atoms with van der Waals surface area (Å²) in [4.78, 5) is 12.3. The van der Waals surface area contributed by atoms with Gasteiger partial charge in [0.1, 0.15) is 5.69 Å². The Bertz CT molecular complexity index is 584. The number of hydrogen-bond acceptors (Lipinski definition) is 4. The van der Waals surface area contributed by atoms with E-state index >= 15 is 0 Å².